The predicted molar refractivity (Wildman–Crippen MR) is 82.8 cm³/mol. The molecule has 21 heavy (non-hydrogen) atoms. The standard InChI is InChI=1S/C14H17Cl2FN4/c1-8(2)21-14(11(16)7-19-21)12(20-18)6-9-4-3-5-10(15)13(9)17/h3-5,7-8,12,20H,6,18H2,1-2H3. The van der Waals surface area contributed by atoms with Crippen LogP contribution in [0.2, 0.25) is 10.0 Å². The number of nitrogens with one attached hydrogen (secondary N) is 1. The van der Waals surface area contributed by atoms with Crippen molar-refractivity contribution < 1.29 is 4.39 Å². The van der Waals surface area contributed by atoms with Gasteiger partial charge in [0.2, 0.25) is 0 Å². The fourth-order valence-corrected chi connectivity index (χ4v) is 2.70. The maximum absolute atomic E-state index is 14.0. The van der Waals surface area contributed by atoms with Gasteiger partial charge in [0.1, 0.15) is 5.82 Å². The molecule has 0 aliphatic rings. The smallest absolute Gasteiger partial charge is 0.145 e. The van der Waals surface area contributed by atoms with E-state index in [2.05, 4.69) is 10.5 Å². The second kappa shape index (κ2) is 6.75. The monoisotopic (exact) mass is 330 g/mol. The van der Waals surface area contributed by atoms with Crippen LogP contribution in [0.15, 0.2) is 24.4 Å². The van der Waals surface area contributed by atoms with E-state index in [0.29, 0.717) is 17.0 Å². The summed E-state index contributed by atoms with van der Waals surface area (Å²) in [6.07, 6.45) is 1.89. The van der Waals surface area contributed by atoms with Crippen LogP contribution in [0.5, 0.6) is 0 Å². The van der Waals surface area contributed by atoms with Gasteiger partial charge < -0.3 is 0 Å². The molecule has 1 aromatic carbocycles. The van der Waals surface area contributed by atoms with Crippen molar-refractivity contribution in [2.45, 2.75) is 32.4 Å². The molecule has 0 bridgehead atoms. The number of halogens is 3. The molecule has 2 aromatic rings. The van der Waals surface area contributed by atoms with Crippen LogP contribution in [0.1, 0.15) is 37.2 Å². The molecule has 0 fully saturated rings. The van der Waals surface area contributed by atoms with Crippen LogP contribution in [0.3, 0.4) is 0 Å². The molecule has 114 valence electrons. The lowest BCUT2D eigenvalue weighted by atomic mass is 10.0. The van der Waals surface area contributed by atoms with Gasteiger partial charge in [-0.05, 0) is 31.9 Å². The van der Waals surface area contributed by atoms with Crippen molar-refractivity contribution in [2.24, 2.45) is 5.84 Å². The molecule has 0 aliphatic carbocycles. The SMILES string of the molecule is CC(C)n1ncc(Cl)c1C(Cc1cccc(Cl)c1F)NN. The molecular weight excluding hydrogens is 314 g/mol. The highest BCUT2D eigenvalue weighted by Gasteiger charge is 2.22. The lowest BCUT2D eigenvalue weighted by molar-refractivity contribution is 0.443. The average molecular weight is 331 g/mol. The topological polar surface area (TPSA) is 55.9 Å². The molecule has 4 nitrogen and oxygen atoms in total. The Hall–Kier alpha value is -1.14. The molecule has 0 saturated carbocycles. The highest BCUT2D eigenvalue weighted by atomic mass is 35.5. The first-order valence-corrected chi connectivity index (χ1v) is 7.33. The fraction of sp³-hybridized carbons (Fsp3) is 0.357. The number of aromatic nitrogens is 2. The van der Waals surface area contributed by atoms with Crippen LogP contribution in [0.25, 0.3) is 0 Å². The van der Waals surface area contributed by atoms with Crippen LogP contribution < -0.4 is 11.3 Å². The summed E-state index contributed by atoms with van der Waals surface area (Å²) in [6.45, 7) is 3.97. The summed E-state index contributed by atoms with van der Waals surface area (Å²) < 4.78 is 15.8. The summed E-state index contributed by atoms with van der Waals surface area (Å²) >= 11 is 12.0. The number of nitrogens with two attached hydrogens (primary N) is 1. The first-order valence-electron chi connectivity index (χ1n) is 6.57. The van der Waals surface area contributed by atoms with E-state index in [0.717, 1.165) is 5.69 Å². The predicted octanol–water partition coefficient (Wildman–Crippen LogP) is 3.66. The molecule has 3 N–H and O–H groups in total. The lowest BCUT2D eigenvalue weighted by Gasteiger charge is -2.20. The van der Waals surface area contributed by atoms with Crippen molar-refractivity contribution in [2.75, 3.05) is 0 Å². The van der Waals surface area contributed by atoms with E-state index >= 15 is 0 Å². The van der Waals surface area contributed by atoms with Crippen LogP contribution in [0, 0.1) is 5.82 Å². The van der Waals surface area contributed by atoms with E-state index in [1.54, 1.807) is 23.0 Å². The summed E-state index contributed by atoms with van der Waals surface area (Å²) in [5.74, 6) is 5.19. The molecular formula is C14H17Cl2FN4. The van der Waals surface area contributed by atoms with E-state index in [1.807, 2.05) is 13.8 Å². The molecule has 0 radical (unpaired) electrons. The van der Waals surface area contributed by atoms with E-state index in [9.17, 15) is 4.39 Å². The summed E-state index contributed by atoms with van der Waals surface area (Å²) in [4.78, 5) is 0. The summed E-state index contributed by atoms with van der Waals surface area (Å²) in [7, 11) is 0. The second-order valence-electron chi connectivity index (χ2n) is 5.05. The molecule has 1 unspecified atom stereocenters. The molecule has 0 saturated heterocycles. The minimum Gasteiger partial charge on any atom is -0.271 e. The quantitative estimate of drug-likeness (QED) is 0.649. The van der Waals surface area contributed by atoms with Gasteiger partial charge in [0, 0.05) is 6.04 Å². The first-order chi connectivity index (χ1) is 9.95. The Bertz CT molecular complexity index is 627. The maximum atomic E-state index is 14.0. The third kappa shape index (κ3) is 3.37. The zero-order valence-corrected chi connectivity index (χ0v) is 13.3. The van der Waals surface area contributed by atoms with Gasteiger partial charge in [0.15, 0.2) is 0 Å². The zero-order chi connectivity index (χ0) is 15.6. The van der Waals surface area contributed by atoms with Crippen molar-refractivity contribution in [3.63, 3.8) is 0 Å². The number of rotatable bonds is 5. The van der Waals surface area contributed by atoms with Gasteiger partial charge in [-0.1, -0.05) is 35.3 Å². The lowest BCUT2D eigenvalue weighted by Crippen LogP contribution is -2.32. The van der Waals surface area contributed by atoms with Crippen LogP contribution in [-0.2, 0) is 6.42 Å². The van der Waals surface area contributed by atoms with Crippen LogP contribution in [-0.4, -0.2) is 9.78 Å². The second-order valence-corrected chi connectivity index (χ2v) is 5.87. The number of hydrogen-bond acceptors (Lipinski definition) is 3. The molecule has 1 aromatic heterocycles. The number of benzene rings is 1. The van der Waals surface area contributed by atoms with E-state index in [4.69, 9.17) is 29.0 Å². The number of hydrazine groups is 1. The Morgan fingerprint density at radius 1 is 1.33 bits per heavy atom. The number of nitrogens with zero attached hydrogens (tertiary/aromatic N) is 2. The Morgan fingerprint density at radius 3 is 2.67 bits per heavy atom. The maximum Gasteiger partial charge on any atom is 0.145 e. The van der Waals surface area contributed by atoms with Gasteiger partial charge in [-0.2, -0.15) is 5.10 Å². The zero-order valence-electron chi connectivity index (χ0n) is 11.8. The molecule has 0 amide bonds. The summed E-state index contributed by atoms with van der Waals surface area (Å²) in [5, 5.41) is 4.82. The molecule has 0 spiro atoms. The minimum atomic E-state index is -0.439. The highest BCUT2D eigenvalue weighted by Crippen LogP contribution is 2.29. The molecule has 2 rings (SSSR count). The summed E-state index contributed by atoms with van der Waals surface area (Å²) in [6, 6.07) is 4.64. The van der Waals surface area contributed by atoms with Crippen molar-refractivity contribution in [3.05, 3.63) is 51.5 Å². The molecule has 0 aliphatic heterocycles. The highest BCUT2D eigenvalue weighted by molar-refractivity contribution is 6.31. The normalized spacial score (nSPS) is 12.9. The molecule has 1 heterocycles. The van der Waals surface area contributed by atoms with Gasteiger partial charge in [-0.25, -0.2) is 4.39 Å². The largest absolute Gasteiger partial charge is 0.271 e. The van der Waals surface area contributed by atoms with Crippen molar-refractivity contribution in [3.8, 4) is 0 Å². The Morgan fingerprint density at radius 2 is 2.05 bits per heavy atom. The average Bonchev–Trinajstić information content (AvgIpc) is 2.82. The van der Waals surface area contributed by atoms with Gasteiger partial charge in [-0.15, -0.1) is 0 Å². The van der Waals surface area contributed by atoms with Gasteiger partial charge in [0.25, 0.3) is 0 Å². The van der Waals surface area contributed by atoms with E-state index in [1.165, 1.54) is 6.07 Å². The number of hydrogen-bond donors (Lipinski definition) is 2. The Kier molecular flexibility index (Phi) is 5.22. The van der Waals surface area contributed by atoms with E-state index < -0.39 is 5.82 Å². The molecule has 7 heteroatoms. The molecule has 1 atom stereocenters. The third-order valence-electron chi connectivity index (χ3n) is 3.26. The van der Waals surface area contributed by atoms with Gasteiger partial charge in [-0.3, -0.25) is 16.0 Å². The van der Waals surface area contributed by atoms with E-state index in [-0.39, 0.29) is 17.1 Å². The third-order valence-corrected chi connectivity index (χ3v) is 3.85. The van der Waals surface area contributed by atoms with Crippen molar-refractivity contribution >= 4 is 23.2 Å². The van der Waals surface area contributed by atoms with Crippen molar-refractivity contribution in [1.29, 1.82) is 0 Å². The first kappa shape index (κ1) is 16.2. The fourth-order valence-electron chi connectivity index (χ4n) is 2.25. The van der Waals surface area contributed by atoms with Crippen molar-refractivity contribution in [1.82, 2.24) is 15.2 Å². The Balaban J connectivity index is 2.37. The van der Waals surface area contributed by atoms with Crippen LogP contribution in [0.4, 0.5) is 4.39 Å². The summed E-state index contributed by atoms with van der Waals surface area (Å²) in [5.41, 5.74) is 3.88. The van der Waals surface area contributed by atoms with Crippen LogP contribution >= 0.6 is 23.2 Å². The van der Waals surface area contributed by atoms with Gasteiger partial charge >= 0.3 is 0 Å². The minimum absolute atomic E-state index is 0.0896. The Labute approximate surface area is 133 Å². The van der Waals surface area contributed by atoms with Gasteiger partial charge in [0.05, 0.1) is 28.0 Å².